The largest absolute Gasteiger partial charge is 0.493 e. The maximum Gasteiger partial charge on any atom is 0.262 e. The molecule has 0 aromatic heterocycles. The Hall–Kier alpha value is -2.49. The van der Waals surface area contributed by atoms with E-state index in [0.29, 0.717) is 23.7 Å². The zero-order valence-electron chi connectivity index (χ0n) is 17.2. The Balaban J connectivity index is 2.00. The molecule has 0 aliphatic heterocycles. The van der Waals surface area contributed by atoms with Gasteiger partial charge in [-0.3, -0.25) is 4.79 Å². The lowest BCUT2D eigenvalue weighted by molar-refractivity contribution is -0.118. The van der Waals surface area contributed by atoms with Crippen LogP contribution in [0.4, 0.5) is 5.69 Å². The average Bonchev–Trinajstić information content (AvgIpc) is 2.71. The van der Waals surface area contributed by atoms with E-state index in [1.165, 1.54) is 32.4 Å². The molecule has 0 fully saturated rings. The average molecular weight is 457 g/mol. The topological polar surface area (TPSA) is 103 Å². The predicted molar refractivity (Wildman–Crippen MR) is 115 cm³/mol. The van der Waals surface area contributed by atoms with Gasteiger partial charge in [0.05, 0.1) is 24.1 Å². The van der Waals surface area contributed by atoms with Crippen molar-refractivity contribution in [3.05, 3.63) is 41.4 Å². The molecule has 8 nitrogen and oxygen atoms in total. The molecule has 30 heavy (non-hydrogen) atoms. The van der Waals surface area contributed by atoms with Crippen LogP contribution in [-0.4, -0.2) is 41.7 Å². The van der Waals surface area contributed by atoms with Crippen molar-refractivity contribution in [3.8, 4) is 17.2 Å². The second kappa shape index (κ2) is 10.5. The summed E-state index contributed by atoms with van der Waals surface area (Å²) in [4.78, 5) is 12.2. The van der Waals surface area contributed by atoms with Crippen LogP contribution in [0, 0.1) is 5.92 Å². The molecule has 10 heteroatoms. The molecule has 0 aliphatic rings. The van der Waals surface area contributed by atoms with Gasteiger partial charge in [0.2, 0.25) is 10.0 Å². The molecule has 0 bridgehead atoms. The molecule has 2 aromatic carbocycles. The first kappa shape index (κ1) is 23.8. The lowest BCUT2D eigenvalue weighted by Crippen LogP contribution is -2.27. The monoisotopic (exact) mass is 456 g/mol. The van der Waals surface area contributed by atoms with Crippen LogP contribution in [-0.2, 0) is 14.8 Å². The summed E-state index contributed by atoms with van der Waals surface area (Å²) in [6.07, 6.45) is 0. The number of methoxy groups -OCH3 is 2. The van der Waals surface area contributed by atoms with Crippen molar-refractivity contribution >= 4 is 33.2 Å². The van der Waals surface area contributed by atoms with Crippen molar-refractivity contribution in [1.29, 1.82) is 0 Å². The van der Waals surface area contributed by atoms with Gasteiger partial charge in [-0.05, 0) is 36.2 Å². The highest BCUT2D eigenvalue weighted by Crippen LogP contribution is 2.30. The van der Waals surface area contributed by atoms with Crippen LogP contribution in [0.25, 0.3) is 0 Å². The van der Waals surface area contributed by atoms with Gasteiger partial charge in [0.25, 0.3) is 5.91 Å². The number of hydrogen-bond donors (Lipinski definition) is 2. The molecule has 0 atom stereocenters. The number of halogens is 1. The number of nitrogens with one attached hydrogen (secondary N) is 2. The molecule has 0 heterocycles. The number of carbonyl (C=O) groups is 1. The van der Waals surface area contributed by atoms with Crippen LogP contribution in [0.3, 0.4) is 0 Å². The number of hydrogen-bond acceptors (Lipinski definition) is 6. The number of rotatable bonds is 10. The van der Waals surface area contributed by atoms with Crippen LogP contribution in [0.15, 0.2) is 41.3 Å². The molecule has 164 valence electrons. The van der Waals surface area contributed by atoms with Gasteiger partial charge in [-0.2, -0.15) is 0 Å². The van der Waals surface area contributed by atoms with Gasteiger partial charge in [-0.25, -0.2) is 13.1 Å². The Bertz CT molecular complexity index is 995. The number of anilines is 1. The summed E-state index contributed by atoms with van der Waals surface area (Å²) in [6.45, 7) is 3.80. The van der Waals surface area contributed by atoms with Crippen LogP contribution in [0.2, 0.25) is 5.02 Å². The lowest BCUT2D eigenvalue weighted by Gasteiger charge is -2.13. The number of amides is 1. The fraction of sp³-hybridized carbons (Fsp3) is 0.350. The van der Waals surface area contributed by atoms with Gasteiger partial charge in [0.1, 0.15) is 5.75 Å². The van der Waals surface area contributed by atoms with Gasteiger partial charge in [0.15, 0.2) is 18.1 Å². The zero-order valence-corrected chi connectivity index (χ0v) is 18.8. The molecule has 0 spiro atoms. The van der Waals surface area contributed by atoms with Gasteiger partial charge in [0, 0.05) is 18.3 Å². The number of benzene rings is 2. The van der Waals surface area contributed by atoms with E-state index in [-0.39, 0.29) is 28.2 Å². The molecular weight excluding hydrogens is 432 g/mol. The number of carbonyl (C=O) groups excluding carboxylic acids is 1. The third kappa shape index (κ3) is 6.51. The van der Waals surface area contributed by atoms with Crippen LogP contribution in [0.1, 0.15) is 13.8 Å². The molecule has 0 radical (unpaired) electrons. The van der Waals surface area contributed by atoms with E-state index in [0.717, 1.165) is 0 Å². The number of ether oxygens (including phenoxy) is 3. The molecule has 2 rings (SSSR count). The third-order valence-electron chi connectivity index (χ3n) is 3.92. The van der Waals surface area contributed by atoms with E-state index in [4.69, 9.17) is 25.8 Å². The minimum absolute atomic E-state index is 0.0234. The second-order valence-electron chi connectivity index (χ2n) is 6.74. The van der Waals surface area contributed by atoms with E-state index >= 15 is 0 Å². The van der Waals surface area contributed by atoms with Crippen molar-refractivity contribution in [3.63, 3.8) is 0 Å². The minimum atomic E-state index is -3.67. The SMILES string of the molecule is COc1ccc(NC(=O)COc2ccc(S(=O)(=O)NCC(C)C)cc2Cl)cc1OC. The highest BCUT2D eigenvalue weighted by Gasteiger charge is 2.17. The van der Waals surface area contributed by atoms with Gasteiger partial charge < -0.3 is 19.5 Å². The van der Waals surface area contributed by atoms with E-state index < -0.39 is 15.9 Å². The Morgan fingerprint density at radius 2 is 1.70 bits per heavy atom. The Morgan fingerprint density at radius 1 is 1.03 bits per heavy atom. The van der Waals surface area contributed by atoms with Crippen molar-refractivity contribution in [2.24, 2.45) is 5.92 Å². The summed E-state index contributed by atoms with van der Waals surface area (Å²) >= 11 is 6.14. The Labute approximate surface area is 181 Å². The first-order valence-corrected chi connectivity index (χ1v) is 11.0. The minimum Gasteiger partial charge on any atom is -0.493 e. The van der Waals surface area contributed by atoms with E-state index in [1.807, 2.05) is 13.8 Å². The van der Waals surface area contributed by atoms with Crippen LogP contribution < -0.4 is 24.2 Å². The Morgan fingerprint density at radius 3 is 2.30 bits per heavy atom. The maximum atomic E-state index is 12.3. The van der Waals surface area contributed by atoms with Gasteiger partial charge in [-0.1, -0.05) is 25.4 Å². The summed E-state index contributed by atoms with van der Waals surface area (Å²) < 4.78 is 42.8. The van der Waals surface area contributed by atoms with Crippen LogP contribution in [0.5, 0.6) is 17.2 Å². The lowest BCUT2D eigenvalue weighted by atomic mass is 10.2. The normalized spacial score (nSPS) is 11.3. The Kier molecular flexibility index (Phi) is 8.33. The molecule has 0 unspecified atom stereocenters. The molecular formula is C20H25ClN2O6S. The molecule has 0 aliphatic carbocycles. The highest BCUT2D eigenvalue weighted by atomic mass is 35.5. The fourth-order valence-electron chi connectivity index (χ4n) is 2.38. The quantitative estimate of drug-likeness (QED) is 0.568. The van der Waals surface area contributed by atoms with Crippen molar-refractivity contribution in [2.45, 2.75) is 18.7 Å². The molecule has 0 saturated carbocycles. The smallest absolute Gasteiger partial charge is 0.262 e. The number of sulfonamides is 1. The van der Waals surface area contributed by atoms with E-state index in [2.05, 4.69) is 10.0 Å². The second-order valence-corrected chi connectivity index (χ2v) is 8.92. The van der Waals surface area contributed by atoms with Crippen LogP contribution >= 0.6 is 11.6 Å². The molecule has 2 N–H and O–H groups in total. The highest BCUT2D eigenvalue weighted by molar-refractivity contribution is 7.89. The summed E-state index contributed by atoms with van der Waals surface area (Å²) in [5.74, 6) is 0.955. The van der Waals surface area contributed by atoms with Gasteiger partial charge in [-0.15, -0.1) is 0 Å². The summed E-state index contributed by atoms with van der Waals surface area (Å²) in [5.41, 5.74) is 0.505. The molecule has 2 aromatic rings. The maximum absolute atomic E-state index is 12.3. The van der Waals surface area contributed by atoms with Crippen molar-refractivity contribution in [2.75, 3.05) is 32.7 Å². The molecule has 1 amide bonds. The van der Waals surface area contributed by atoms with E-state index in [9.17, 15) is 13.2 Å². The standard InChI is InChI=1S/C20H25ClN2O6S/c1-13(2)11-22-30(25,26)15-6-8-17(16(21)10-15)29-12-20(24)23-14-5-7-18(27-3)19(9-14)28-4/h5-10,13,22H,11-12H2,1-4H3,(H,23,24). The molecule has 0 saturated heterocycles. The third-order valence-corrected chi connectivity index (χ3v) is 5.64. The van der Waals surface area contributed by atoms with Crippen molar-refractivity contribution < 1.29 is 27.4 Å². The summed E-state index contributed by atoms with van der Waals surface area (Å²) in [5, 5.41) is 2.76. The zero-order chi connectivity index (χ0) is 22.3. The fourth-order valence-corrected chi connectivity index (χ4v) is 3.92. The van der Waals surface area contributed by atoms with Crippen molar-refractivity contribution in [1.82, 2.24) is 4.72 Å². The summed E-state index contributed by atoms with van der Waals surface area (Å²) in [7, 11) is -0.655. The van der Waals surface area contributed by atoms with Gasteiger partial charge >= 0.3 is 0 Å². The first-order chi connectivity index (χ1) is 14.2. The first-order valence-electron chi connectivity index (χ1n) is 9.10. The summed E-state index contributed by atoms with van der Waals surface area (Å²) in [6, 6.07) is 9.01. The van der Waals surface area contributed by atoms with E-state index in [1.54, 1.807) is 18.2 Å². The predicted octanol–water partition coefficient (Wildman–Crippen LogP) is 3.31.